The molecule has 5 heteroatoms. The van der Waals surface area contributed by atoms with Crippen LogP contribution in [0.3, 0.4) is 0 Å². The second-order valence-electron chi connectivity index (χ2n) is 4.92. The Morgan fingerprint density at radius 3 is 2.53 bits per heavy atom. The van der Waals surface area contributed by atoms with Crippen molar-refractivity contribution in [2.45, 2.75) is 33.2 Å². The summed E-state index contributed by atoms with van der Waals surface area (Å²) in [6.45, 7) is 5.69. The molecule has 0 aromatic heterocycles. The van der Waals surface area contributed by atoms with Gasteiger partial charge in [0.2, 0.25) is 0 Å². The second kappa shape index (κ2) is 6.78. The molecule has 0 aliphatic heterocycles. The maximum atomic E-state index is 11.8. The SMILES string of the molecule is Cc1cccc(NC(=O)NC(CC(=O)O)C(C)C)c1. The lowest BCUT2D eigenvalue weighted by Crippen LogP contribution is -2.42. The normalized spacial score (nSPS) is 12.0. The molecule has 0 aliphatic carbocycles. The number of hydrogen-bond acceptors (Lipinski definition) is 2. The van der Waals surface area contributed by atoms with Gasteiger partial charge in [0.1, 0.15) is 0 Å². The maximum absolute atomic E-state index is 11.8. The average Bonchev–Trinajstić information content (AvgIpc) is 2.27. The Kier molecular flexibility index (Phi) is 5.36. The molecule has 3 N–H and O–H groups in total. The Balaban J connectivity index is 2.60. The number of hydrogen-bond donors (Lipinski definition) is 3. The lowest BCUT2D eigenvalue weighted by molar-refractivity contribution is -0.137. The third-order valence-corrected chi connectivity index (χ3v) is 2.79. The van der Waals surface area contributed by atoms with Gasteiger partial charge in [0, 0.05) is 11.7 Å². The molecule has 1 unspecified atom stereocenters. The topological polar surface area (TPSA) is 78.4 Å². The van der Waals surface area contributed by atoms with Crippen molar-refractivity contribution >= 4 is 17.7 Å². The van der Waals surface area contributed by atoms with E-state index in [0.29, 0.717) is 5.69 Å². The minimum atomic E-state index is -0.922. The predicted molar refractivity (Wildman–Crippen MR) is 74.2 cm³/mol. The number of benzene rings is 1. The van der Waals surface area contributed by atoms with Gasteiger partial charge in [-0.1, -0.05) is 26.0 Å². The Morgan fingerprint density at radius 2 is 2.00 bits per heavy atom. The molecule has 0 fully saturated rings. The first kappa shape index (κ1) is 15.0. The minimum Gasteiger partial charge on any atom is -0.481 e. The molecular weight excluding hydrogens is 244 g/mol. The van der Waals surface area contributed by atoms with Crippen LogP contribution in [0.2, 0.25) is 0 Å². The van der Waals surface area contributed by atoms with Crippen molar-refractivity contribution in [3.63, 3.8) is 0 Å². The van der Waals surface area contributed by atoms with Gasteiger partial charge >= 0.3 is 12.0 Å². The first-order chi connectivity index (χ1) is 8.88. The van der Waals surface area contributed by atoms with Gasteiger partial charge in [-0.2, -0.15) is 0 Å². The highest BCUT2D eigenvalue weighted by Gasteiger charge is 2.19. The van der Waals surface area contributed by atoms with Crippen molar-refractivity contribution in [1.29, 1.82) is 0 Å². The third-order valence-electron chi connectivity index (χ3n) is 2.79. The number of urea groups is 1. The van der Waals surface area contributed by atoms with Crippen LogP contribution < -0.4 is 10.6 Å². The van der Waals surface area contributed by atoms with Crippen LogP contribution >= 0.6 is 0 Å². The van der Waals surface area contributed by atoms with E-state index < -0.39 is 5.97 Å². The van der Waals surface area contributed by atoms with Gasteiger partial charge in [-0.25, -0.2) is 4.79 Å². The number of carboxylic acids is 1. The van der Waals surface area contributed by atoms with Crippen molar-refractivity contribution in [2.75, 3.05) is 5.32 Å². The molecule has 1 aromatic rings. The highest BCUT2D eigenvalue weighted by Crippen LogP contribution is 2.10. The predicted octanol–water partition coefficient (Wildman–Crippen LogP) is 2.62. The fourth-order valence-electron chi connectivity index (χ4n) is 1.70. The molecule has 0 heterocycles. The first-order valence-corrected chi connectivity index (χ1v) is 6.24. The molecule has 0 radical (unpaired) electrons. The summed E-state index contributed by atoms with van der Waals surface area (Å²) in [5, 5.41) is 14.2. The van der Waals surface area contributed by atoms with Gasteiger partial charge in [0.25, 0.3) is 0 Å². The van der Waals surface area contributed by atoms with Crippen LogP contribution in [-0.2, 0) is 4.79 Å². The highest BCUT2D eigenvalue weighted by atomic mass is 16.4. The van der Waals surface area contributed by atoms with Crippen LogP contribution in [0, 0.1) is 12.8 Å². The van der Waals surface area contributed by atoms with Crippen molar-refractivity contribution < 1.29 is 14.7 Å². The number of nitrogens with one attached hydrogen (secondary N) is 2. The Labute approximate surface area is 113 Å². The molecule has 1 atom stereocenters. The summed E-state index contributed by atoms with van der Waals surface area (Å²) in [7, 11) is 0. The van der Waals surface area contributed by atoms with Crippen LogP contribution in [0.15, 0.2) is 24.3 Å². The Morgan fingerprint density at radius 1 is 1.32 bits per heavy atom. The third kappa shape index (κ3) is 5.42. The maximum Gasteiger partial charge on any atom is 0.319 e. The second-order valence-corrected chi connectivity index (χ2v) is 4.92. The van der Waals surface area contributed by atoms with E-state index in [4.69, 9.17) is 5.11 Å². The number of carbonyl (C=O) groups excluding carboxylic acids is 1. The number of amides is 2. The molecule has 19 heavy (non-hydrogen) atoms. The van der Waals surface area contributed by atoms with E-state index in [-0.39, 0.29) is 24.4 Å². The Hall–Kier alpha value is -2.04. The van der Waals surface area contributed by atoms with E-state index >= 15 is 0 Å². The number of aliphatic carboxylic acids is 1. The molecule has 0 bridgehead atoms. The largest absolute Gasteiger partial charge is 0.481 e. The van der Waals surface area contributed by atoms with Crippen molar-refractivity contribution in [3.05, 3.63) is 29.8 Å². The fraction of sp³-hybridized carbons (Fsp3) is 0.429. The number of carboxylic acid groups (broad SMARTS) is 1. The molecule has 0 aliphatic rings. The van der Waals surface area contributed by atoms with Crippen molar-refractivity contribution in [2.24, 2.45) is 5.92 Å². The summed E-state index contributed by atoms with van der Waals surface area (Å²) in [5.74, 6) is -0.867. The van der Waals surface area contributed by atoms with E-state index in [2.05, 4.69) is 10.6 Å². The van der Waals surface area contributed by atoms with E-state index in [1.54, 1.807) is 6.07 Å². The molecule has 1 aromatic carbocycles. The van der Waals surface area contributed by atoms with Crippen LogP contribution in [0.4, 0.5) is 10.5 Å². The molecule has 0 saturated carbocycles. The molecule has 104 valence electrons. The monoisotopic (exact) mass is 264 g/mol. The minimum absolute atomic E-state index is 0.0550. The van der Waals surface area contributed by atoms with Gasteiger partial charge in [-0.05, 0) is 30.5 Å². The number of carbonyl (C=O) groups is 2. The zero-order chi connectivity index (χ0) is 14.4. The summed E-state index contributed by atoms with van der Waals surface area (Å²) in [6, 6.07) is 6.65. The highest BCUT2D eigenvalue weighted by molar-refractivity contribution is 5.89. The van der Waals surface area contributed by atoms with E-state index in [1.165, 1.54) is 0 Å². The van der Waals surface area contributed by atoms with Gasteiger partial charge in [0.05, 0.1) is 6.42 Å². The fourth-order valence-corrected chi connectivity index (χ4v) is 1.70. The zero-order valence-electron chi connectivity index (χ0n) is 11.4. The summed E-state index contributed by atoms with van der Waals surface area (Å²) < 4.78 is 0. The number of aryl methyl sites for hydroxylation is 1. The molecule has 5 nitrogen and oxygen atoms in total. The molecule has 0 saturated heterocycles. The average molecular weight is 264 g/mol. The quantitative estimate of drug-likeness (QED) is 0.765. The van der Waals surface area contributed by atoms with Gasteiger partial charge in [-0.3, -0.25) is 4.79 Å². The summed E-state index contributed by atoms with van der Waals surface area (Å²) in [5.41, 5.74) is 1.74. The molecule has 2 amide bonds. The first-order valence-electron chi connectivity index (χ1n) is 6.24. The molecule has 1 rings (SSSR count). The van der Waals surface area contributed by atoms with E-state index in [0.717, 1.165) is 5.56 Å². The number of anilines is 1. The van der Waals surface area contributed by atoms with Gasteiger partial charge < -0.3 is 15.7 Å². The van der Waals surface area contributed by atoms with Crippen LogP contribution in [-0.4, -0.2) is 23.1 Å². The van der Waals surface area contributed by atoms with Crippen molar-refractivity contribution in [3.8, 4) is 0 Å². The summed E-state index contributed by atoms with van der Waals surface area (Å²) in [4.78, 5) is 22.5. The van der Waals surface area contributed by atoms with Crippen LogP contribution in [0.25, 0.3) is 0 Å². The van der Waals surface area contributed by atoms with Gasteiger partial charge in [0.15, 0.2) is 0 Å². The van der Waals surface area contributed by atoms with Gasteiger partial charge in [-0.15, -0.1) is 0 Å². The standard InChI is InChI=1S/C14H20N2O3/c1-9(2)12(8-13(17)18)16-14(19)15-11-6-4-5-10(3)7-11/h4-7,9,12H,8H2,1-3H3,(H,17,18)(H2,15,16,19). The zero-order valence-corrected chi connectivity index (χ0v) is 11.4. The number of rotatable bonds is 5. The lowest BCUT2D eigenvalue weighted by Gasteiger charge is -2.20. The summed E-state index contributed by atoms with van der Waals surface area (Å²) in [6.07, 6.45) is -0.0844. The van der Waals surface area contributed by atoms with Crippen LogP contribution in [0.1, 0.15) is 25.8 Å². The molecular formula is C14H20N2O3. The summed E-state index contributed by atoms with van der Waals surface area (Å²) >= 11 is 0. The lowest BCUT2D eigenvalue weighted by atomic mass is 10.0. The van der Waals surface area contributed by atoms with E-state index in [1.807, 2.05) is 39.0 Å². The molecule has 0 spiro atoms. The van der Waals surface area contributed by atoms with Crippen molar-refractivity contribution in [1.82, 2.24) is 5.32 Å². The Bertz CT molecular complexity index is 458. The smallest absolute Gasteiger partial charge is 0.319 e. The van der Waals surface area contributed by atoms with E-state index in [9.17, 15) is 9.59 Å². The van der Waals surface area contributed by atoms with Crippen LogP contribution in [0.5, 0.6) is 0 Å².